The zero-order valence-corrected chi connectivity index (χ0v) is 15.4. The fraction of sp³-hybridized carbons (Fsp3) is 0.350. The highest BCUT2D eigenvalue weighted by molar-refractivity contribution is 6.30. The molecule has 0 radical (unpaired) electrons. The van der Waals surface area contributed by atoms with Crippen molar-refractivity contribution in [3.8, 4) is 5.75 Å². The van der Waals surface area contributed by atoms with Crippen molar-refractivity contribution in [1.29, 1.82) is 0 Å². The zero-order valence-electron chi connectivity index (χ0n) is 14.7. The Bertz CT molecular complexity index is 775. The molecule has 5 heteroatoms. The molecule has 132 valence electrons. The molecule has 1 heterocycles. The highest BCUT2D eigenvalue weighted by Crippen LogP contribution is 2.33. The van der Waals surface area contributed by atoms with Gasteiger partial charge in [-0.15, -0.1) is 0 Å². The predicted molar refractivity (Wildman–Crippen MR) is 98.3 cm³/mol. The molecule has 3 rings (SSSR count). The lowest BCUT2D eigenvalue weighted by molar-refractivity contribution is -0.0847. The van der Waals surface area contributed by atoms with Crippen LogP contribution in [-0.4, -0.2) is 36.6 Å². The van der Waals surface area contributed by atoms with Gasteiger partial charge in [0.25, 0.3) is 5.91 Å². The van der Waals surface area contributed by atoms with Crippen molar-refractivity contribution >= 4 is 17.5 Å². The van der Waals surface area contributed by atoms with Gasteiger partial charge in [0.05, 0.1) is 31.4 Å². The van der Waals surface area contributed by atoms with E-state index in [4.69, 9.17) is 21.1 Å². The lowest BCUT2D eigenvalue weighted by Gasteiger charge is -2.45. The second kappa shape index (κ2) is 7.06. The number of amides is 1. The van der Waals surface area contributed by atoms with E-state index in [1.165, 1.54) is 0 Å². The van der Waals surface area contributed by atoms with Crippen LogP contribution in [0.2, 0.25) is 5.02 Å². The highest BCUT2D eigenvalue weighted by atomic mass is 35.5. The molecule has 1 aliphatic rings. The van der Waals surface area contributed by atoms with E-state index in [2.05, 4.69) is 0 Å². The van der Waals surface area contributed by atoms with Crippen LogP contribution in [0.5, 0.6) is 5.75 Å². The Morgan fingerprint density at radius 3 is 2.72 bits per heavy atom. The summed E-state index contributed by atoms with van der Waals surface area (Å²) in [4.78, 5) is 15.1. The monoisotopic (exact) mass is 359 g/mol. The van der Waals surface area contributed by atoms with Gasteiger partial charge in [-0.05, 0) is 43.7 Å². The van der Waals surface area contributed by atoms with Crippen molar-refractivity contribution in [3.05, 3.63) is 64.7 Å². The summed E-state index contributed by atoms with van der Waals surface area (Å²) in [6.07, 6.45) is -0.203. The van der Waals surface area contributed by atoms with Crippen LogP contribution in [-0.2, 0) is 4.74 Å². The standard InChI is InChI=1S/C20H22ClNO3/c1-20(2)13-25-18(14-7-6-8-15(21)11-14)12-22(20)19(23)16-9-4-5-10-17(16)24-3/h4-11,18H,12-13H2,1-3H3. The summed E-state index contributed by atoms with van der Waals surface area (Å²) in [7, 11) is 1.57. The fourth-order valence-corrected chi connectivity index (χ4v) is 3.28. The Kier molecular flexibility index (Phi) is 5.02. The van der Waals surface area contributed by atoms with E-state index >= 15 is 0 Å². The van der Waals surface area contributed by atoms with Crippen molar-refractivity contribution in [3.63, 3.8) is 0 Å². The van der Waals surface area contributed by atoms with E-state index in [9.17, 15) is 4.79 Å². The van der Waals surface area contributed by atoms with Crippen LogP contribution >= 0.6 is 11.6 Å². The first kappa shape index (κ1) is 17.8. The predicted octanol–water partition coefficient (Wildman–Crippen LogP) is 4.34. The number of carbonyl (C=O) groups is 1. The molecule has 0 spiro atoms. The van der Waals surface area contributed by atoms with E-state index in [1.54, 1.807) is 19.2 Å². The van der Waals surface area contributed by atoms with E-state index in [0.29, 0.717) is 29.5 Å². The quantitative estimate of drug-likeness (QED) is 0.818. The number of carbonyl (C=O) groups excluding carboxylic acids is 1. The summed E-state index contributed by atoms with van der Waals surface area (Å²) in [5.41, 5.74) is 1.12. The lowest BCUT2D eigenvalue weighted by atomic mass is 9.96. The Morgan fingerprint density at radius 1 is 1.24 bits per heavy atom. The van der Waals surface area contributed by atoms with Gasteiger partial charge in [-0.2, -0.15) is 0 Å². The average molecular weight is 360 g/mol. The summed E-state index contributed by atoms with van der Waals surface area (Å²) in [5.74, 6) is 0.520. The normalized spacial score (nSPS) is 19.5. The molecule has 1 atom stereocenters. The Balaban J connectivity index is 1.90. The lowest BCUT2D eigenvalue weighted by Crippen LogP contribution is -2.56. The van der Waals surface area contributed by atoms with E-state index in [0.717, 1.165) is 5.56 Å². The minimum absolute atomic E-state index is 0.0576. The maximum absolute atomic E-state index is 13.2. The van der Waals surface area contributed by atoms with Gasteiger partial charge >= 0.3 is 0 Å². The topological polar surface area (TPSA) is 38.8 Å². The third-order valence-corrected chi connectivity index (χ3v) is 4.75. The summed E-state index contributed by atoms with van der Waals surface area (Å²) >= 11 is 6.10. The molecule has 1 amide bonds. The van der Waals surface area contributed by atoms with Crippen molar-refractivity contribution in [2.75, 3.05) is 20.3 Å². The third-order valence-electron chi connectivity index (χ3n) is 4.52. The smallest absolute Gasteiger partial charge is 0.258 e. The molecule has 1 aliphatic heterocycles. The maximum Gasteiger partial charge on any atom is 0.258 e. The van der Waals surface area contributed by atoms with Crippen molar-refractivity contribution in [2.24, 2.45) is 0 Å². The molecule has 2 aromatic rings. The number of methoxy groups -OCH3 is 1. The van der Waals surface area contributed by atoms with Crippen LogP contribution in [0, 0.1) is 0 Å². The first-order chi connectivity index (χ1) is 11.9. The number of rotatable bonds is 3. The second-order valence-corrected chi connectivity index (χ2v) is 7.22. The van der Waals surface area contributed by atoms with Crippen LogP contribution in [0.15, 0.2) is 48.5 Å². The van der Waals surface area contributed by atoms with E-state index in [1.807, 2.05) is 55.1 Å². The Morgan fingerprint density at radius 2 is 2.00 bits per heavy atom. The van der Waals surface area contributed by atoms with Gasteiger partial charge in [-0.25, -0.2) is 0 Å². The summed E-state index contributed by atoms with van der Waals surface area (Å²) in [5, 5.41) is 0.661. The van der Waals surface area contributed by atoms with Crippen LogP contribution < -0.4 is 4.74 Å². The van der Waals surface area contributed by atoms with Crippen LogP contribution in [0.4, 0.5) is 0 Å². The summed E-state index contributed by atoms with van der Waals surface area (Å²) in [6.45, 7) is 4.93. The molecular formula is C20H22ClNO3. The Labute approximate surface area is 153 Å². The minimum Gasteiger partial charge on any atom is -0.496 e. The van der Waals surface area contributed by atoms with Crippen molar-refractivity contribution < 1.29 is 14.3 Å². The third kappa shape index (κ3) is 3.65. The molecule has 1 unspecified atom stereocenters. The molecule has 0 N–H and O–H groups in total. The fourth-order valence-electron chi connectivity index (χ4n) is 3.08. The van der Waals surface area contributed by atoms with Gasteiger partial charge in [0.15, 0.2) is 0 Å². The van der Waals surface area contributed by atoms with Crippen LogP contribution in [0.3, 0.4) is 0 Å². The summed E-state index contributed by atoms with van der Waals surface area (Å²) in [6, 6.07) is 14.9. The molecule has 0 aliphatic carbocycles. The van der Waals surface area contributed by atoms with Crippen LogP contribution in [0.1, 0.15) is 35.9 Å². The number of hydrogen-bond donors (Lipinski definition) is 0. The highest BCUT2D eigenvalue weighted by Gasteiger charge is 2.39. The zero-order chi connectivity index (χ0) is 18.0. The number of morpholine rings is 1. The molecule has 4 nitrogen and oxygen atoms in total. The Hall–Kier alpha value is -2.04. The first-order valence-corrected chi connectivity index (χ1v) is 8.62. The SMILES string of the molecule is COc1ccccc1C(=O)N1CC(c2cccc(Cl)c2)OCC1(C)C. The van der Waals surface area contributed by atoms with Crippen molar-refractivity contribution in [1.82, 2.24) is 4.90 Å². The number of ether oxygens (including phenoxy) is 2. The van der Waals surface area contributed by atoms with Crippen molar-refractivity contribution in [2.45, 2.75) is 25.5 Å². The van der Waals surface area contributed by atoms with E-state index in [-0.39, 0.29) is 12.0 Å². The molecule has 2 aromatic carbocycles. The number of halogens is 1. The van der Waals surface area contributed by atoms with E-state index < -0.39 is 5.54 Å². The molecular weight excluding hydrogens is 338 g/mol. The summed E-state index contributed by atoms with van der Waals surface area (Å²) < 4.78 is 11.4. The average Bonchev–Trinajstić information content (AvgIpc) is 2.61. The van der Waals surface area contributed by atoms with Crippen LogP contribution in [0.25, 0.3) is 0 Å². The molecule has 1 fully saturated rings. The van der Waals surface area contributed by atoms with Gasteiger partial charge in [0.1, 0.15) is 11.9 Å². The molecule has 0 bridgehead atoms. The number of para-hydroxylation sites is 1. The number of benzene rings is 2. The first-order valence-electron chi connectivity index (χ1n) is 8.24. The molecule has 0 saturated carbocycles. The number of nitrogens with zero attached hydrogens (tertiary/aromatic N) is 1. The molecule has 1 saturated heterocycles. The largest absolute Gasteiger partial charge is 0.496 e. The van der Waals surface area contributed by atoms with Gasteiger partial charge < -0.3 is 14.4 Å². The maximum atomic E-state index is 13.2. The number of hydrogen-bond acceptors (Lipinski definition) is 3. The molecule has 25 heavy (non-hydrogen) atoms. The molecule has 0 aromatic heterocycles. The van der Waals surface area contributed by atoms with Gasteiger partial charge in [-0.1, -0.05) is 35.9 Å². The minimum atomic E-state index is -0.410. The van der Waals surface area contributed by atoms with Gasteiger partial charge in [0.2, 0.25) is 0 Å². The second-order valence-electron chi connectivity index (χ2n) is 6.78. The van der Waals surface area contributed by atoms with Gasteiger partial charge in [0, 0.05) is 5.02 Å². The van der Waals surface area contributed by atoms with Gasteiger partial charge in [-0.3, -0.25) is 4.79 Å².